The second-order valence-corrected chi connectivity index (χ2v) is 4.75. The smallest absolute Gasteiger partial charge is 0.220 e. The van der Waals surface area contributed by atoms with E-state index in [1.165, 1.54) is 0 Å². The van der Waals surface area contributed by atoms with E-state index in [0.717, 1.165) is 18.6 Å². The highest BCUT2D eigenvalue weighted by Crippen LogP contribution is 2.09. The Morgan fingerprint density at radius 1 is 1.57 bits per heavy atom. The van der Waals surface area contributed by atoms with Crippen LogP contribution in [0.2, 0.25) is 0 Å². The van der Waals surface area contributed by atoms with Crippen LogP contribution < -0.4 is 5.32 Å². The Bertz CT molecular complexity index is 172. The van der Waals surface area contributed by atoms with Crippen molar-refractivity contribution in [3.05, 3.63) is 0 Å². The van der Waals surface area contributed by atoms with Gasteiger partial charge in [-0.2, -0.15) is 11.8 Å². The summed E-state index contributed by atoms with van der Waals surface area (Å²) in [6, 6.07) is 0. The number of hydrogen-bond donors (Lipinski definition) is 2. The molecule has 0 radical (unpaired) electrons. The van der Waals surface area contributed by atoms with Gasteiger partial charge in [-0.1, -0.05) is 13.3 Å². The molecule has 0 bridgehead atoms. The van der Waals surface area contributed by atoms with Crippen LogP contribution in [0.25, 0.3) is 0 Å². The van der Waals surface area contributed by atoms with E-state index in [2.05, 4.69) is 5.32 Å². The highest BCUT2D eigenvalue weighted by atomic mass is 32.2. The summed E-state index contributed by atoms with van der Waals surface area (Å²) in [5.41, 5.74) is -0.760. The molecule has 0 aliphatic carbocycles. The quantitative estimate of drug-likeness (QED) is 0.680. The van der Waals surface area contributed by atoms with Crippen LogP contribution in [0.5, 0.6) is 0 Å². The average Bonchev–Trinajstić information content (AvgIpc) is 2.11. The van der Waals surface area contributed by atoms with Gasteiger partial charge in [0.1, 0.15) is 0 Å². The number of nitrogens with one attached hydrogen (secondary N) is 1. The Kier molecular flexibility index (Phi) is 7.01. The van der Waals surface area contributed by atoms with E-state index in [0.29, 0.717) is 13.0 Å². The van der Waals surface area contributed by atoms with Gasteiger partial charge in [-0.05, 0) is 19.6 Å². The Balaban J connectivity index is 3.64. The lowest BCUT2D eigenvalue weighted by atomic mass is 10.0. The monoisotopic (exact) mass is 219 g/mol. The van der Waals surface area contributed by atoms with E-state index in [1.54, 1.807) is 18.7 Å². The molecule has 1 unspecified atom stereocenters. The van der Waals surface area contributed by atoms with Crippen molar-refractivity contribution in [3.63, 3.8) is 0 Å². The molecule has 0 heterocycles. The third-order valence-electron chi connectivity index (χ3n) is 1.99. The Morgan fingerprint density at radius 2 is 2.21 bits per heavy atom. The number of rotatable bonds is 7. The van der Waals surface area contributed by atoms with Crippen molar-refractivity contribution in [2.75, 3.05) is 18.6 Å². The van der Waals surface area contributed by atoms with Gasteiger partial charge in [-0.15, -0.1) is 0 Å². The molecule has 0 saturated heterocycles. The molecule has 0 fully saturated rings. The second-order valence-electron chi connectivity index (χ2n) is 3.77. The number of carbonyl (C=O) groups is 1. The molecule has 0 rings (SSSR count). The van der Waals surface area contributed by atoms with Crippen molar-refractivity contribution < 1.29 is 9.90 Å². The normalized spacial score (nSPS) is 14.9. The zero-order valence-electron chi connectivity index (χ0n) is 9.30. The molecule has 0 spiro atoms. The van der Waals surface area contributed by atoms with Gasteiger partial charge in [-0.25, -0.2) is 0 Å². The fourth-order valence-corrected chi connectivity index (χ4v) is 1.59. The Morgan fingerprint density at radius 3 is 2.71 bits per heavy atom. The number of amides is 1. The first-order chi connectivity index (χ1) is 6.52. The molecule has 0 aliphatic heterocycles. The molecule has 0 aromatic carbocycles. The zero-order chi connectivity index (χ0) is 11.0. The van der Waals surface area contributed by atoms with Crippen molar-refractivity contribution in [2.24, 2.45) is 0 Å². The zero-order valence-corrected chi connectivity index (χ0v) is 10.1. The molecular formula is C10H21NO2S. The van der Waals surface area contributed by atoms with Gasteiger partial charge in [0, 0.05) is 18.7 Å². The molecule has 4 heteroatoms. The van der Waals surface area contributed by atoms with E-state index >= 15 is 0 Å². The van der Waals surface area contributed by atoms with E-state index in [4.69, 9.17) is 0 Å². The number of hydrogen-bond acceptors (Lipinski definition) is 3. The Hall–Kier alpha value is -0.220. The fraction of sp³-hybridized carbons (Fsp3) is 0.900. The summed E-state index contributed by atoms with van der Waals surface area (Å²) in [7, 11) is 0. The minimum atomic E-state index is -0.760. The topological polar surface area (TPSA) is 49.3 Å². The predicted molar refractivity (Wildman–Crippen MR) is 61.5 cm³/mol. The molecule has 0 saturated carbocycles. The fourth-order valence-electron chi connectivity index (χ4n) is 1.20. The van der Waals surface area contributed by atoms with Crippen LogP contribution in [0.3, 0.4) is 0 Å². The SMILES string of the molecule is CCCC(C)(O)CNC(=O)CCSC. The van der Waals surface area contributed by atoms with Crippen molar-refractivity contribution in [1.82, 2.24) is 5.32 Å². The van der Waals surface area contributed by atoms with Crippen LogP contribution in [0.4, 0.5) is 0 Å². The van der Waals surface area contributed by atoms with Crippen LogP contribution in [0.1, 0.15) is 33.1 Å². The van der Waals surface area contributed by atoms with Crippen molar-refractivity contribution in [2.45, 2.75) is 38.7 Å². The highest BCUT2D eigenvalue weighted by molar-refractivity contribution is 7.98. The largest absolute Gasteiger partial charge is 0.388 e. The lowest BCUT2D eigenvalue weighted by molar-refractivity contribution is -0.121. The predicted octanol–water partition coefficient (Wildman–Crippen LogP) is 1.41. The van der Waals surface area contributed by atoms with Crippen LogP contribution in [-0.2, 0) is 4.79 Å². The standard InChI is InChI=1S/C10H21NO2S/c1-4-6-10(2,13)8-11-9(12)5-7-14-3/h13H,4-8H2,1-3H3,(H,11,12). The number of carbonyl (C=O) groups excluding carboxylic acids is 1. The minimum Gasteiger partial charge on any atom is -0.388 e. The van der Waals surface area contributed by atoms with Crippen LogP contribution in [0.15, 0.2) is 0 Å². The van der Waals surface area contributed by atoms with E-state index < -0.39 is 5.60 Å². The first-order valence-corrected chi connectivity index (χ1v) is 6.39. The first-order valence-electron chi connectivity index (χ1n) is 5.00. The van der Waals surface area contributed by atoms with Gasteiger partial charge >= 0.3 is 0 Å². The summed E-state index contributed by atoms with van der Waals surface area (Å²) in [5.74, 6) is 0.859. The molecule has 84 valence electrons. The molecule has 1 atom stereocenters. The minimum absolute atomic E-state index is 0.0238. The Labute approximate surface area is 90.7 Å². The summed E-state index contributed by atoms with van der Waals surface area (Å²) >= 11 is 1.65. The summed E-state index contributed by atoms with van der Waals surface area (Å²) in [6.07, 6.45) is 4.15. The third kappa shape index (κ3) is 7.21. The second kappa shape index (κ2) is 7.12. The molecular weight excluding hydrogens is 198 g/mol. The van der Waals surface area contributed by atoms with E-state index in [-0.39, 0.29) is 5.91 Å². The lowest BCUT2D eigenvalue weighted by Crippen LogP contribution is -2.40. The van der Waals surface area contributed by atoms with Crippen LogP contribution in [0, 0.1) is 0 Å². The van der Waals surface area contributed by atoms with Gasteiger partial charge in [0.2, 0.25) is 5.91 Å². The van der Waals surface area contributed by atoms with Crippen molar-refractivity contribution in [1.29, 1.82) is 0 Å². The summed E-state index contributed by atoms with van der Waals surface area (Å²) in [5, 5.41) is 12.5. The maximum absolute atomic E-state index is 11.2. The lowest BCUT2D eigenvalue weighted by Gasteiger charge is -2.22. The van der Waals surface area contributed by atoms with Gasteiger partial charge < -0.3 is 10.4 Å². The molecule has 3 nitrogen and oxygen atoms in total. The van der Waals surface area contributed by atoms with Gasteiger partial charge in [0.25, 0.3) is 0 Å². The summed E-state index contributed by atoms with van der Waals surface area (Å²) in [6.45, 7) is 4.13. The number of aliphatic hydroxyl groups is 1. The first kappa shape index (κ1) is 13.8. The number of thioether (sulfide) groups is 1. The maximum atomic E-state index is 11.2. The molecule has 1 amide bonds. The van der Waals surface area contributed by atoms with Gasteiger partial charge in [0.05, 0.1) is 5.60 Å². The van der Waals surface area contributed by atoms with Crippen molar-refractivity contribution >= 4 is 17.7 Å². The molecule has 14 heavy (non-hydrogen) atoms. The molecule has 0 aromatic heterocycles. The highest BCUT2D eigenvalue weighted by Gasteiger charge is 2.19. The van der Waals surface area contributed by atoms with Crippen LogP contribution in [-0.4, -0.2) is 35.2 Å². The third-order valence-corrected chi connectivity index (χ3v) is 2.60. The average molecular weight is 219 g/mol. The van der Waals surface area contributed by atoms with Gasteiger partial charge in [-0.3, -0.25) is 4.79 Å². The maximum Gasteiger partial charge on any atom is 0.220 e. The molecule has 2 N–H and O–H groups in total. The molecule has 0 aromatic rings. The van der Waals surface area contributed by atoms with Crippen molar-refractivity contribution in [3.8, 4) is 0 Å². The van der Waals surface area contributed by atoms with E-state index in [1.807, 2.05) is 13.2 Å². The summed E-state index contributed by atoms with van der Waals surface area (Å²) < 4.78 is 0. The molecule has 0 aliphatic rings. The van der Waals surface area contributed by atoms with Gasteiger partial charge in [0.15, 0.2) is 0 Å². The summed E-state index contributed by atoms with van der Waals surface area (Å²) in [4.78, 5) is 11.2. The van der Waals surface area contributed by atoms with Crippen LogP contribution >= 0.6 is 11.8 Å². The van der Waals surface area contributed by atoms with E-state index in [9.17, 15) is 9.90 Å².